The van der Waals surface area contributed by atoms with Gasteiger partial charge in [0, 0.05) is 4.47 Å². The molecule has 1 atom stereocenters. The minimum atomic E-state index is -0.420. The van der Waals surface area contributed by atoms with Crippen molar-refractivity contribution in [3.8, 4) is 11.8 Å². The molecule has 21 heavy (non-hydrogen) atoms. The maximum atomic E-state index is 12.4. The fourth-order valence-electron chi connectivity index (χ4n) is 2.75. The van der Waals surface area contributed by atoms with Crippen LogP contribution in [0.1, 0.15) is 42.5 Å². The molecule has 1 amide bonds. The van der Waals surface area contributed by atoms with E-state index < -0.39 is 6.04 Å². The average molecular weight is 351 g/mol. The van der Waals surface area contributed by atoms with Gasteiger partial charge >= 0.3 is 0 Å². The third-order valence-electron chi connectivity index (χ3n) is 3.97. The van der Waals surface area contributed by atoms with Crippen LogP contribution < -0.4 is 10.1 Å². The van der Waals surface area contributed by atoms with Crippen molar-refractivity contribution in [2.75, 3.05) is 7.11 Å². The van der Waals surface area contributed by atoms with Gasteiger partial charge < -0.3 is 10.1 Å². The highest BCUT2D eigenvalue weighted by Gasteiger charge is 2.25. The number of benzene rings is 1. The number of rotatable bonds is 4. The van der Waals surface area contributed by atoms with Crippen LogP contribution in [-0.2, 0) is 0 Å². The van der Waals surface area contributed by atoms with Crippen LogP contribution in [0.15, 0.2) is 22.7 Å². The number of halogens is 1. The molecule has 112 valence electrons. The molecule has 1 aliphatic rings. The van der Waals surface area contributed by atoms with E-state index in [0.717, 1.165) is 25.7 Å². The Morgan fingerprint density at radius 1 is 1.43 bits per heavy atom. The van der Waals surface area contributed by atoms with Gasteiger partial charge in [-0.05, 0) is 52.9 Å². The fourth-order valence-corrected chi connectivity index (χ4v) is 3.17. The van der Waals surface area contributed by atoms with Gasteiger partial charge in [0.15, 0.2) is 0 Å². The van der Waals surface area contributed by atoms with Crippen LogP contribution in [0.3, 0.4) is 0 Å². The average Bonchev–Trinajstić information content (AvgIpc) is 2.53. The van der Waals surface area contributed by atoms with Gasteiger partial charge in [-0.1, -0.05) is 19.3 Å². The lowest BCUT2D eigenvalue weighted by Crippen LogP contribution is -2.40. The normalized spacial score (nSPS) is 16.8. The van der Waals surface area contributed by atoms with Crippen LogP contribution in [0.4, 0.5) is 0 Å². The molecule has 0 saturated heterocycles. The molecule has 0 spiro atoms. The predicted octanol–water partition coefficient (Wildman–Crippen LogP) is 3.66. The third-order valence-corrected chi connectivity index (χ3v) is 4.66. The molecule has 1 unspecified atom stereocenters. The summed E-state index contributed by atoms with van der Waals surface area (Å²) in [4.78, 5) is 12.4. The Kier molecular flexibility index (Phi) is 5.63. The molecule has 5 heteroatoms. The van der Waals surface area contributed by atoms with Gasteiger partial charge in [-0.15, -0.1) is 0 Å². The van der Waals surface area contributed by atoms with Crippen molar-refractivity contribution in [3.05, 3.63) is 28.2 Å². The van der Waals surface area contributed by atoms with Crippen LogP contribution in [0.5, 0.6) is 5.75 Å². The summed E-state index contributed by atoms with van der Waals surface area (Å²) in [7, 11) is 1.56. The molecule has 1 aliphatic carbocycles. The van der Waals surface area contributed by atoms with Crippen molar-refractivity contribution in [1.82, 2.24) is 5.32 Å². The minimum Gasteiger partial charge on any atom is -0.497 e. The number of nitrogens with one attached hydrogen (secondary N) is 1. The number of carbonyl (C=O) groups is 1. The summed E-state index contributed by atoms with van der Waals surface area (Å²) in [6.07, 6.45) is 5.53. The highest BCUT2D eigenvalue weighted by Crippen LogP contribution is 2.27. The van der Waals surface area contributed by atoms with E-state index in [4.69, 9.17) is 4.74 Å². The Morgan fingerprint density at radius 3 is 2.76 bits per heavy atom. The first-order valence-electron chi connectivity index (χ1n) is 7.19. The number of carbonyl (C=O) groups excluding carboxylic acids is 1. The first kappa shape index (κ1) is 15.8. The maximum Gasteiger partial charge on any atom is 0.253 e. The summed E-state index contributed by atoms with van der Waals surface area (Å²) >= 11 is 3.37. The van der Waals surface area contributed by atoms with E-state index in [1.165, 1.54) is 6.42 Å². The second-order valence-corrected chi connectivity index (χ2v) is 6.18. The zero-order chi connectivity index (χ0) is 15.2. The number of hydrogen-bond acceptors (Lipinski definition) is 3. The largest absolute Gasteiger partial charge is 0.497 e. The Morgan fingerprint density at radius 2 is 2.14 bits per heavy atom. The van der Waals surface area contributed by atoms with E-state index >= 15 is 0 Å². The lowest BCUT2D eigenvalue weighted by Gasteiger charge is -2.26. The number of ether oxygens (including phenoxy) is 1. The molecule has 1 N–H and O–H groups in total. The van der Waals surface area contributed by atoms with Gasteiger partial charge in [0.05, 0.1) is 18.7 Å². The topological polar surface area (TPSA) is 62.1 Å². The standard InChI is InChI=1S/C16H19BrN2O2/c1-21-12-7-8-14(17)13(9-12)16(20)19-15(10-18)11-5-3-2-4-6-11/h7-9,11,15H,2-6H2,1H3,(H,19,20). The highest BCUT2D eigenvalue weighted by atomic mass is 79.9. The molecular formula is C16H19BrN2O2. The number of nitrogens with zero attached hydrogens (tertiary/aromatic N) is 1. The summed E-state index contributed by atoms with van der Waals surface area (Å²) in [6.45, 7) is 0. The number of amides is 1. The molecule has 1 saturated carbocycles. The summed E-state index contributed by atoms with van der Waals surface area (Å²) < 4.78 is 5.84. The molecule has 1 aromatic rings. The van der Waals surface area contributed by atoms with E-state index in [1.807, 2.05) is 0 Å². The van der Waals surface area contributed by atoms with E-state index in [0.29, 0.717) is 15.8 Å². The molecular weight excluding hydrogens is 332 g/mol. The van der Waals surface area contributed by atoms with Crippen molar-refractivity contribution < 1.29 is 9.53 Å². The zero-order valence-electron chi connectivity index (χ0n) is 12.1. The van der Waals surface area contributed by atoms with Gasteiger partial charge in [0.2, 0.25) is 0 Å². The lowest BCUT2D eigenvalue weighted by atomic mass is 9.84. The quantitative estimate of drug-likeness (QED) is 0.901. The second kappa shape index (κ2) is 7.46. The Hall–Kier alpha value is -1.54. The van der Waals surface area contributed by atoms with Crippen molar-refractivity contribution in [2.24, 2.45) is 5.92 Å². The molecule has 0 heterocycles. The van der Waals surface area contributed by atoms with Crippen LogP contribution in [0.25, 0.3) is 0 Å². The van der Waals surface area contributed by atoms with Crippen LogP contribution in [0, 0.1) is 17.2 Å². The van der Waals surface area contributed by atoms with Gasteiger partial charge in [-0.25, -0.2) is 0 Å². The Labute approximate surface area is 133 Å². The molecule has 1 fully saturated rings. The highest BCUT2D eigenvalue weighted by molar-refractivity contribution is 9.10. The monoisotopic (exact) mass is 350 g/mol. The number of hydrogen-bond donors (Lipinski definition) is 1. The van der Waals surface area contributed by atoms with Crippen LogP contribution in [0.2, 0.25) is 0 Å². The molecule has 0 aromatic heterocycles. The van der Waals surface area contributed by atoms with Crippen molar-refractivity contribution >= 4 is 21.8 Å². The van der Waals surface area contributed by atoms with Crippen molar-refractivity contribution in [3.63, 3.8) is 0 Å². The molecule has 4 nitrogen and oxygen atoms in total. The molecule has 2 rings (SSSR count). The second-order valence-electron chi connectivity index (χ2n) is 5.32. The molecule has 0 radical (unpaired) electrons. The lowest BCUT2D eigenvalue weighted by molar-refractivity contribution is 0.0927. The number of methoxy groups -OCH3 is 1. The number of nitriles is 1. The van der Waals surface area contributed by atoms with E-state index in [-0.39, 0.29) is 11.8 Å². The smallest absolute Gasteiger partial charge is 0.253 e. The van der Waals surface area contributed by atoms with E-state index in [2.05, 4.69) is 27.3 Å². The summed E-state index contributed by atoms with van der Waals surface area (Å²) in [5, 5.41) is 12.2. The first-order chi connectivity index (χ1) is 10.2. The Bertz CT molecular complexity index is 548. The van der Waals surface area contributed by atoms with Gasteiger partial charge in [0.25, 0.3) is 5.91 Å². The van der Waals surface area contributed by atoms with Gasteiger partial charge in [0.1, 0.15) is 11.8 Å². The van der Waals surface area contributed by atoms with Crippen LogP contribution >= 0.6 is 15.9 Å². The summed E-state index contributed by atoms with van der Waals surface area (Å²) in [5.74, 6) is 0.643. The maximum absolute atomic E-state index is 12.4. The first-order valence-corrected chi connectivity index (χ1v) is 7.99. The Balaban J connectivity index is 2.10. The van der Waals surface area contributed by atoms with Gasteiger partial charge in [-0.2, -0.15) is 5.26 Å². The van der Waals surface area contributed by atoms with E-state index in [9.17, 15) is 10.1 Å². The third kappa shape index (κ3) is 3.98. The van der Waals surface area contributed by atoms with Crippen molar-refractivity contribution in [2.45, 2.75) is 38.1 Å². The molecule has 1 aromatic carbocycles. The minimum absolute atomic E-state index is 0.238. The predicted molar refractivity (Wildman–Crippen MR) is 84.1 cm³/mol. The fraction of sp³-hybridized carbons (Fsp3) is 0.500. The van der Waals surface area contributed by atoms with E-state index in [1.54, 1.807) is 25.3 Å². The molecule has 0 aliphatic heterocycles. The van der Waals surface area contributed by atoms with Crippen molar-refractivity contribution in [1.29, 1.82) is 5.26 Å². The SMILES string of the molecule is COc1ccc(Br)c(C(=O)NC(C#N)C2CCCCC2)c1. The molecule has 0 bridgehead atoms. The van der Waals surface area contributed by atoms with Gasteiger partial charge in [-0.3, -0.25) is 4.79 Å². The van der Waals surface area contributed by atoms with Crippen LogP contribution in [-0.4, -0.2) is 19.1 Å². The summed E-state index contributed by atoms with van der Waals surface area (Å²) in [6, 6.07) is 7.05. The summed E-state index contributed by atoms with van der Waals surface area (Å²) in [5.41, 5.74) is 0.491. The zero-order valence-corrected chi connectivity index (χ0v) is 13.6.